The molecule has 3 aromatic rings. The minimum atomic E-state index is -2.86. The highest BCUT2D eigenvalue weighted by atomic mass is 19.3. The lowest BCUT2D eigenvalue weighted by Crippen LogP contribution is -2.42. The summed E-state index contributed by atoms with van der Waals surface area (Å²) in [4.78, 5) is 8.27. The molecule has 1 saturated carbocycles. The molecule has 0 atom stereocenters. The maximum atomic E-state index is 13.6. The summed E-state index contributed by atoms with van der Waals surface area (Å²) < 4.78 is 56.7. The summed E-state index contributed by atoms with van der Waals surface area (Å²) in [5.41, 5.74) is 0.317. The molecule has 0 unspecified atom stereocenters. The quantitative estimate of drug-likeness (QED) is 0.580. The number of rotatable bonds is 5. The van der Waals surface area contributed by atoms with Crippen molar-refractivity contribution in [3.05, 3.63) is 53.7 Å². The summed E-state index contributed by atoms with van der Waals surface area (Å²) in [5.74, 6) is -2.45. The van der Waals surface area contributed by atoms with Gasteiger partial charge in [-0.3, -0.25) is 0 Å². The molecule has 1 fully saturated rings. The van der Waals surface area contributed by atoms with Gasteiger partial charge in [-0.25, -0.2) is 18.7 Å². The fourth-order valence-electron chi connectivity index (χ4n) is 2.97. The fourth-order valence-corrected chi connectivity index (χ4v) is 2.97. The predicted molar refractivity (Wildman–Crippen MR) is 97.1 cm³/mol. The number of aromatic nitrogens is 4. The molecule has 0 spiro atoms. The molecule has 10 heteroatoms. The Balaban J connectivity index is 0.00000117. The summed E-state index contributed by atoms with van der Waals surface area (Å²) in [7, 11) is 0. The first-order chi connectivity index (χ1) is 14.0. The molecule has 6 nitrogen and oxygen atoms in total. The minimum absolute atomic E-state index is 0.115. The molecule has 0 saturated heterocycles. The fraction of sp³-hybridized carbons (Fsp3) is 0.368. The van der Waals surface area contributed by atoms with Crippen molar-refractivity contribution >= 4 is 5.95 Å². The number of halogens is 4. The van der Waals surface area contributed by atoms with Crippen molar-refractivity contribution in [2.45, 2.75) is 45.1 Å². The van der Waals surface area contributed by atoms with Crippen LogP contribution in [0.2, 0.25) is 0 Å². The molecule has 0 aliphatic heterocycles. The third-order valence-electron chi connectivity index (χ3n) is 4.56. The second-order valence-electron chi connectivity index (χ2n) is 6.23. The van der Waals surface area contributed by atoms with E-state index in [9.17, 15) is 17.6 Å². The monoisotopic (exact) mass is 409 g/mol. The molecule has 1 aromatic carbocycles. The van der Waals surface area contributed by atoms with Gasteiger partial charge in [0.15, 0.2) is 11.6 Å². The molecule has 4 rings (SSSR count). The number of nitrogens with one attached hydrogen (secondary N) is 1. The van der Waals surface area contributed by atoms with E-state index in [0.717, 1.165) is 12.5 Å². The Morgan fingerprint density at radius 3 is 2.24 bits per heavy atom. The summed E-state index contributed by atoms with van der Waals surface area (Å²) >= 11 is 0. The SMILES string of the molecule is CC.Fc1ccc(C2(Nc3ncc(-c4nnc(C(F)F)o4)cn3)CCC2)cc1F. The summed E-state index contributed by atoms with van der Waals surface area (Å²) in [6.07, 6.45) is 2.20. The molecular formula is C19H19F4N5O. The average Bonchev–Trinajstić information content (AvgIpc) is 3.20. The molecule has 0 amide bonds. The molecule has 1 aliphatic carbocycles. The Bertz CT molecular complexity index is 957. The highest BCUT2D eigenvalue weighted by molar-refractivity contribution is 5.51. The topological polar surface area (TPSA) is 76.7 Å². The maximum absolute atomic E-state index is 13.6. The Morgan fingerprint density at radius 1 is 1.03 bits per heavy atom. The number of nitrogens with zero attached hydrogens (tertiary/aromatic N) is 4. The predicted octanol–water partition coefficient (Wildman–Crippen LogP) is 5.26. The van der Waals surface area contributed by atoms with Gasteiger partial charge in [0.2, 0.25) is 5.95 Å². The zero-order valence-corrected chi connectivity index (χ0v) is 15.8. The lowest BCUT2D eigenvalue weighted by molar-refractivity contribution is 0.116. The Labute approximate surface area is 164 Å². The largest absolute Gasteiger partial charge is 0.415 e. The van der Waals surface area contributed by atoms with Crippen LogP contribution in [0.15, 0.2) is 35.0 Å². The van der Waals surface area contributed by atoms with Crippen LogP contribution in [0, 0.1) is 11.6 Å². The van der Waals surface area contributed by atoms with Crippen LogP contribution in [-0.4, -0.2) is 20.2 Å². The van der Waals surface area contributed by atoms with E-state index in [2.05, 4.69) is 25.5 Å². The van der Waals surface area contributed by atoms with Crippen LogP contribution in [0.4, 0.5) is 23.5 Å². The van der Waals surface area contributed by atoms with Gasteiger partial charge in [0.05, 0.1) is 11.1 Å². The van der Waals surface area contributed by atoms with Gasteiger partial charge >= 0.3 is 6.43 Å². The summed E-state index contributed by atoms with van der Waals surface area (Å²) in [6.45, 7) is 4.00. The molecule has 1 N–H and O–H groups in total. The Kier molecular flexibility index (Phi) is 6.09. The van der Waals surface area contributed by atoms with E-state index in [1.165, 1.54) is 24.5 Å². The van der Waals surface area contributed by atoms with E-state index in [4.69, 9.17) is 4.42 Å². The van der Waals surface area contributed by atoms with Crippen LogP contribution < -0.4 is 5.32 Å². The van der Waals surface area contributed by atoms with E-state index >= 15 is 0 Å². The van der Waals surface area contributed by atoms with E-state index in [1.54, 1.807) is 0 Å². The van der Waals surface area contributed by atoms with Crippen molar-refractivity contribution in [3.8, 4) is 11.5 Å². The lowest BCUT2D eigenvalue weighted by atomic mass is 9.72. The van der Waals surface area contributed by atoms with E-state index < -0.39 is 29.5 Å². The van der Waals surface area contributed by atoms with Crippen LogP contribution in [0.25, 0.3) is 11.5 Å². The standard InChI is InChI=1S/C17H13F4N5O.C2H6/c18-11-3-2-10(6-12(11)19)17(4-1-5-17)24-16-22-7-9(8-23-16)14-25-26-15(27-14)13(20)21;1-2/h2-3,6-8,13H,1,4-5H2,(H,22,23,24);1-2H3. The van der Waals surface area contributed by atoms with Crippen molar-refractivity contribution in [2.75, 3.05) is 5.32 Å². The van der Waals surface area contributed by atoms with Gasteiger partial charge in [-0.15, -0.1) is 10.2 Å². The van der Waals surface area contributed by atoms with Gasteiger partial charge in [-0.05, 0) is 37.0 Å². The highest BCUT2D eigenvalue weighted by Crippen LogP contribution is 2.43. The second-order valence-corrected chi connectivity index (χ2v) is 6.23. The summed E-state index contributed by atoms with van der Waals surface area (Å²) in [6, 6.07) is 3.79. The number of benzene rings is 1. The van der Waals surface area contributed by atoms with Crippen LogP contribution in [0.3, 0.4) is 0 Å². The Hall–Kier alpha value is -3.04. The average molecular weight is 409 g/mol. The zero-order valence-electron chi connectivity index (χ0n) is 15.8. The molecule has 0 radical (unpaired) electrons. The molecule has 0 bridgehead atoms. The third kappa shape index (κ3) is 4.20. The first-order valence-corrected chi connectivity index (χ1v) is 9.14. The Morgan fingerprint density at radius 2 is 1.72 bits per heavy atom. The first-order valence-electron chi connectivity index (χ1n) is 9.14. The van der Waals surface area contributed by atoms with Crippen molar-refractivity contribution in [2.24, 2.45) is 0 Å². The van der Waals surface area contributed by atoms with Crippen molar-refractivity contribution in [1.82, 2.24) is 20.2 Å². The van der Waals surface area contributed by atoms with Crippen LogP contribution >= 0.6 is 0 Å². The van der Waals surface area contributed by atoms with E-state index in [-0.39, 0.29) is 17.4 Å². The number of hydrogen-bond acceptors (Lipinski definition) is 6. The van der Waals surface area contributed by atoms with Gasteiger partial charge in [-0.1, -0.05) is 19.9 Å². The van der Waals surface area contributed by atoms with E-state index in [1.807, 2.05) is 13.8 Å². The van der Waals surface area contributed by atoms with Crippen molar-refractivity contribution in [1.29, 1.82) is 0 Å². The van der Waals surface area contributed by atoms with Gasteiger partial charge in [0, 0.05) is 12.4 Å². The van der Waals surface area contributed by atoms with Crippen molar-refractivity contribution < 1.29 is 22.0 Å². The number of alkyl halides is 2. The highest BCUT2D eigenvalue weighted by Gasteiger charge is 2.39. The summed E-state index contributed by atoms with van der Waals surface area (Å²) in [5, 5.41) is 9.94. The lowest BCUT2D eigenvalue weighted by Gasteiger charge is -2.43. The second kappa shape index (κ2) is 8.54. The van der Waals surface area contributed by atoms with E-state index in [0.29, 0.717) is 18.4 Å². The van der Waals surface area contributed by atoms with Gasteiger partial charge in [0.1, 0.15) is 0 Å². The molecule has 2 aromatic heterocycles. The molecule has 2 heterocycles. The number of anilines is 1. The molecule has 29 heavy (non-hydrogen) atoms. The van der Waals surface area contributed by atoms with Crippen molar-refractivity contribution in [3.63, 3.8) is 0 Å². The van der Waals surface area contributed by atoms with Gasteiger partial charge < -0.3 is 9.73 Å². The maximum Gasteiger partial charge on any atom is 0.314 e. The molecular weight excluding hydrogens is 390 g/mol. The normalized spacial score (nSPS) is 14.7. The molecule has 1 aliphatic rings. The van der Waals surface area contributed by atoms with Crippen LogP contribution in [-0.2, 0) is 5.54 Å². The molecule has 154 valence electrons. The first kappa shape index (κ1) is 20.7. The van der Waals surface area contributed by atoms with Gasteiger partial charge in [0.25, 0.3) is 11.8 Å². The smallest absolute Gasteiger partial charge is 0.314 e. The van der Waals surface area contributed by atoms with Crippen LogP contribution in [0.5, 0.6) is 0 Å². The zero-order chi connectivity index (χ0) is 21.0. The number of hydrogen-bond donors (Lipinski definition) is 1. The minimum Gasteiger partial charge on any atom is -0.415 e. The van der Waals surface area contributed by atoms with Crippen LogP contribution in [0.1, 0.15) is 51.0 Å². The van der Waals surface area contributed by atoms with Gasteiger partial charge in [-0.2, -0.15) is 8.78 Å². The third-order valence-corrected chi connectivity index (χ3v) is 4.56.